The minimum atomic E-state index is -3.43. The summed E-state index contributed by atoms with van der Waals surface area (Å²) in [5.74, 6) is 0.235. The van der Waals surface area contributed by atoms with E-state index in [1.807, 2.05) is 0 Å². The van der Waals surface area contributed by atoms with E-state index in [2.05, 4.69) is 16.4 Å². The van der Waals surface area contributed by atoms with Crippen molar-refractivity contribution in [2.45, 2.75) is 11.6 Å². The second kappa shape index (κ2) is 4.03. The second-order valence-electron chi connectivity index (χ2n) is 3.69. The number of hydrogen-bond donors (Lipinski definition) is 1. The van der Waals surface area contributed by atoms with Crippen LogP contribution < -0.4 is 5.73 Å². The molecule has 2 amide bonds. The Morgan fingerprint density at radius 2 is 2.28 bits per heavy atom. The maximum Gasteiger partial charge on any atom is 0.468 e. The lowest BCUT2D eigenvalue weighted by Crippen LogP contribution is -2.44. The van der Waals surface area contributed by atoms with Gasteiger partial charge in [-0.2, -0.15) is 0 Å². The van der Waals surface area contributed by atoms with Crippen molar-refractivity contribution < 1.29 is 22.3 Å². The van der Waals surface area contributed by atoms with Gasteiger partial charge in [-0.15, -0.1) is 0 Å². The Morgan fingerprint density at radius 1 is 1.56 bits per heavy atom. The van der Waals surface area contributed by atoms with Crippen molar-refractivity contribution in [2.75, 3.05) is 6.26 Å². The first-order valence-electron chi connectivity index (χ1n) is 4.82. The van der Waals surface area contributed by atoms with Crippen LogP contribution >= 0.6 is 0 Å². The molecule has 2 N–H and O–H groups in total. The van der Waals surface area contributed by atoms with E-state index >= 15 is 0 Å². The lowest BCUT2D eigenvalue weighted by molar-refractivity contribution is -0.874. The first-order chi connectivity index (χ1) is 8.33. The number of sulfone groups is 1. The molecule has 95 valence electrons. The SMILES string of the molecule is CS(=O)(=O)c1ccc(C[N+]2(C(N)=O)N=[C]C=N2)o1. The molecule has 8 nitrogen and oxygen atoms in total. The van der Waals surface area contributed by atoms with Crippen molar-refractivity contribution in [3.63, 3.8) is 0 Å². The zero-order chi connectivity index (χ0) is 13.4. The van der Waals surface area contributed by atoms with Gasteiger partial charge in [-0.3, -0.25) is 0 Å². The first kappa shape index (κ1) is 12.5. The zero-order valence-electron chi connectivity index (χ0n) is 9.40. The van der Waals surface area contributed by atoms with Crippen LogP contribution in [0.5, 0.6) is 0 Å². The third-order valence-corrected chi connectivity index (χ3v) is 3.21. The van der Waals surface area contributed by atoms with E-state index in [4.69, 9.17) is 10.2 Å². The van der Waals surface area contributed by atoms with Gasteiger partial charge in [-0.25, -0.2) is 13.2 Å². The molecule has 0 bridgehead atoms. The molecule has 18 heavy (non-hydrogen) atoms. The standard InChI is InChI=1S/C9H9N4O4S/c1-18(15,16)8-3-2-7(17-8)6-13(9(10)14)11-4-5-12-13/h2-4H,6H2,1H3,(H-,10,14)/p+1. The Labute approximate surface area is 103 Å². The van der Waals surface area contributed by atoms with Crippen LogP contribution in [-0.2, 0) is 16.4 Å². The molecule has 0 spiro atoms. The van der Waals surface area contributed by atoms with Crippen LogP contribution in [-0.4, -0.2) is 37.8 Å². The Balaban J connectivity index is 2.30. The molecule has 1 unspecified atom stereocenters. The molecule has 1 aliphatic rings. The molecule has 1 radical (unpaired) electrons. The maximum atomic E-state index is 11.3. The minimum absolute atomic E-state index is 0.103. The minimum Gasteiger partial charge on any atom is -0.443 e. The molecule has 9 heteroatoms. The normalized spacial score (nSPS) is 17.2. The molecule has 0 aliphatic carbocycles. The number of primary amides is 1. The fraction of sp³-hybridized carbons (Fsp3) is 0.222. The van der Waals surface area contributed by atoms with Crippen LogP contribution in [0.15, 0.2) is 31.8 Å². The van der Waals surface area contributed by atoms with E-state index in [0.717, 1.165) is 6.26 Å². The maximum absolute atomic E-state index is 11.3. The lowest BCUT2D eigenvalue weighted by atomic mass is 10.4. The average molecular weight is 270 g/mol. The van der Waals surface area contributed by atoms with Gasteiger partial charge in [-0.05, 0) is 22.3 Å². The third-order valence-electron chi connectivity index (χ3n) is 2.26. The van der Waals surface area contributed by atoms with Crippen molar-refractivity contribution in [3.05, 3.63) is 17.9 Å². The monoisotopic (exact) mass is 270 g/mol. The van der Waals surface area contributed by atoms with Crippen molar-refractivity contribution in [2.24, 2.45) is 15.9 Å². The molecule has 0 saturated heterocycles. The number of rotatable bonds is 3. The van der Waals surface area contributed by atoms with Gasteiger partial charge in [-0.1, -0.05) is 0 Å². The van der Waals surface area contributed by atoms with Gasteiger partial charge >= 0.3 is 6.03 Å². The summed E-state index contributed by atoms with van der Waals surface area (Å²) in [6.07, 6.45) is 4.63. The Bertz CT molecular complexity index is 631. The highest BCUT2D eigenvalue weighted by Crippen LogP contribution is 2.21. The number of quaternary nitrogens is 1. The number of nitrogens with two attached hydrogens (primary N) is 1. The molecule has 0 fully saturated rings. The highest BCUT2D eigenvalue weighted by molar-refractivity contribution is 7.90. The van der Waals surface area contributed by atoms with Gasteiger partial charge < -0.3 is 10.2 Å². The third kappa shape index (κ3) is 2.17. The molecule has 1 aromatic heterocycles. The number of furan rings is 1. The van der Waals surface area contributed by atoms with Crippen LogP contribution in [0, 0.1) is 0 Å². The summed E-state index contributed by atoms with van der Waals surface area (Å²) in [6.45, 7) is -0.103. The van der Waals surface area contributed by atoms with Crippen molar-refractivity contribution in [3.8, 4) is 0 Å². The summed E-state index contributed by atoms with van der Waals surface area (Å²) in [5, 5.41) is 7.31. The van der Waals surface area contributed by atoms with Gasteiger partial charge in [0.25, 0.3) is 0 Å². The number of nitrogens with zero attached hydrogens (tertiary/aromatic N) is 3. The van der Waals surface area contributed by atoms with Crippen molar-refractivity contribution in [1.29, 1.82) is 0 Å². The van der Waals surface area contributed by atoms with E-state index in [9.17, 15) is 13.2 Å². The molecule has 0 aromatic carbocycles. The van der Waals surface area contributed by atoms with Crippen LogP contribution in [0.25, 0.3) is 0 Å². The molecular formula is C9H10N4O4S+. The highest BCUT2D eigenvalue weighted by Gasteiger charge is 2.39. The van der Waals surface area contributed by atoms with Crippen LogP contribution in [0.3, 0.4) is 0 Å². The van der Waals surface area contributed by atoms with Gasteiger partial charge in [0.15, 0.2) is 18.5 Å². The summed E-state index contributed by atoms with van der Waals surface area (Å²) < 4.78 is 26.8. The molecule has 1 atom stereocenters. The molecule has 1 aromatic rings. The summed E-state index contributed by atoms with van der Waals surface area (Å²) in [7, 11) is -3.43. The highest BCUT2D eigenvalue weighted by atomic mass is 32.2. The number of hydrogen-bond acceptors (Lipinski definition) is 6. The van der Waals surface area contributed by atoms with E-state index in [1.54, 1.807) is 0 Å². The smallest absolute Gasteiger partial charge is 0.443 e. The van der Waals surface area contributed by atoms with Gasteiger partial charge in [0.1, 0.15) is 6.21 Å². The predicted octanol–water partition coefficient (Wildman–Crippen LogP) is -0.0592. The molecule has 1 aliphatic heterocycles. The summed E-state index contributed by atoms with van der Waals surface area (Å²) in [4.78, 5) is 11.3. The van der Waals surface area contributed by atoms with Gasteiger partial charge in [0.05, 0.1) is 0 Å². The van der Waals surface area contributed by atoms with Gasteiger partial charge in [0.2, 0.25) is 14.9 Å². The number of amides is 2. The van der Waals surface area contributed by atoms with E-state index in [1.165, 1.54) is 18.3 Å². The lowest BCUT2D eigenvalue weighted by Gasteiger charge is -2.15. The summed E-state index contributed by atoms with van der Waals surface area (Å²) in [5.41, 5.74) is 5.20. The Kier molecular flexibility index (Phi) is 2.79. The van der Waals surface area contributed by atoms with Crippen molar-refractivity contribution >= 4 is 28.3 Å². The van der Waals surface area contributed by atoms with E-state index in [0.29, 0.717) is 0 Å². The van der Waals surface area contributed by atoms with Crippen LogP contribution in [0.4, 0.5) is 4.79 Å². The fourth-order valence-corrected chi connectivity index (χ4v) is 1.96. The molecular weight excluding hydrogens is 260 g/mol. The average Bonchev–Trinajstić information content (AvgIpc) is 2.86. The van der Waals surface area contributed by atoms with E-state index < -0.39 is 20.6 Å². The largest absolute Gasteiger partial charge is 0.468 e. The predicted molar refractivity (Wildman–Crippen MR) is 61.3 cm³/mol. The Hall–Kier alpha value is -2.00. The van der Waals surface area contributed by atoms with Crippen LogP contribution in [0.2, 0.25) is 0 Å². The zero-order valence-corrected chi connectivity index (χ0v) is 10.2. The quantitative estimate of drug-likeness (QED) is 0.774. The molecule has 2 heterocycles. The molecule has 0 saturated carbocycles. The summed E-state index contributed by atoms with van der Waals surface area (Å²) >= 11 is 0. The number of carbonyl (C=O) groups is 1. The second-order valence-corrected chi connectivity index (χ2v) is 5.64. The van der Waals surface area contributed by atoms with E-state index in [-0.39, 0.29) is 17.4 Å². The first-order valence-corrected chi connectivity index (χ1v) is 6.71. The Morgan fingerprint density at radius 3 is 2.72 bits per heavy atom. The number of carbonyl (C=O) groups excluding carboxylic acids is 1. The summed E-state index contributed by atoms with van der Waals surface area (Å²) in [6, 6.07) is 1.92. The fourth-order valence-electron chi connectivity index (χ4n) is 1.39. The molecule has 2 rings (SSSR count). The number of urea groups is 1. The topological polar surface area (TPSA) is 115 Å². The van der Waals surface area contributed by atoms with Gasteiger partial charge in [0, 0.05) is 11.0 Å². The van der Waals surface area contributed by atoms with Crippen LogP contribution in [0.1, 0.15) is 5.76 Å². The van der Waals surface area contributed by atoms with Crippen molar-refractivity contribution in [1.82, 2.24) is 0 Å².